The third-order valence-corrected chi connectivity index (χ3v) is 7.64. The van der Waals surface area contributed by atoms with Gasteiger partial charge in [0.25, 0.3) is 0 Å². The maximum Gasteiger partial charge on any atom is 0.350 e. The standard InChI is InChI=1S/C19H19N3O4S2/c1-13-16(21-15-7-3-2-6-14(15)20-13)12-26-19(23)18-17(8-11-27-18)28(24,25)22-9-4-5-10-22/h2-3,6-8,11H,4-5,9-10,12H2,1H3. The number of thiophene rings is 1. The molecule has 0 bridgehead atoms. The Kier molecular flexibility index (Phi) is 5.13. The number of para-hydroxylation sites is 2. The minimum atomic E-state index is -3.68. The van der Waals surface area contributed by atoms with E-state index in [1.807, 2.05) is 24.3 Å². The third-order valence-electron chi connectivity index (χ3n) is 4.68. The second-order valence-electron chi connectivity index (χ2n) is 6.55. The van der Waals surface area contributed by atoms with Crippen LogP contribution in [0.25, 0.3) is 11.0 Å². The Morgan fingerprint density at radius 3 is 2.54 bits per heavy atom. The lowest BCUT2D eigenvalue weighted by molar-refractivity contribution is 0.0468. The van der Waals surface area contributed by atoms with Gasteiger partial charge in [-0.25, -0.2) is 23.2 Å². The number of nitrogens with zero attached hydrogens (tertiary/aromatic N) is 3. The zero-order chi connectivity index (χ0) is 19.7. The lowest BCUT2D eigenvalue weighted by Crippen LogP contribution is -2.28. The summed E-state index contributed by atoms with van der Waals surface area (Å²) in [7, 11) is -3.68. The molecular formula is C19H19N3O4S2. The molecule has 7 nitrogen and oxygen atoms in total. The first-order valence-corrected chi connectivity index (χ1v) is 11.3. The van der Waals surface area contributed by atoms with Crippen LogP contribution in [0.4, 0.5) is 0 Å². The van der Waals surface area contributed by atoms with Gasteiger partial charge in [0.15, 0.2) is 0 Å². The molecule has 9 heteroatoms. The molecular weight excluding hydrogens is 398 g/mol. The van der Waals surface area contributed by atoms with Crippen LogP contribution in [0.3, 0.4) is 0 Å². The molecule has 1 aromatic carbocycles. The molecule has 1 fully saturated rings. The van der Waals surface area contributed by atoms with Gasteiger partial charge in [0.2, 0.25) is 10.0 Å². The van der Waals surface area contributed by atoms with E-state index in [1.165, 1.54) is 10.4 Å². The number of benzene rings is 1. The van der Waals surface area contributed by atoms with Crippen molar-refractivity contribution in [1.29, 1.82) is 0 Å². The largest absolute Gasteiger partial charge is 0.455 e. The van der Waals surface area contributed by atoms with Crippen molar-refractivity contribution in [1.82, 2.24) is 14.3 Å². The number of ether oxygens (including phenoxy) is 1. The fourth-order valence-electron chi connectivity index (χ4n) is 3.18. The number of hydrogen-bond acceptors (Lipinski definition) is 7. The summed E-state index contributed by atoms with van der Waals surface area (Å²) in [5.74, 6) is -0.665. The lowest BCUT2D eigenvalue weighted by Gasteiger charge is -2.15. The number of esters is 1. The van der Waals surface area contributed by atoms with Gasteiger partial charge >= 0.3 is 5.97 Å². The van der Waals surface area contributed by atoms with E-state index in [2.05, 4.69) is 9.97 Å². The van der Waals surface area contributed by atoms with Gasteiger partial charge in [-0.05, 0) is 43.3 Å². The average molecular weight is 418 g/mol. The van der Waals surface area contributed by atoms with Crippen LogP contribution in [-0.2, 0) is 21.4 Å². The lowest BCUT2D eigenvalue weighted by atomic mass is 10.2. The van der Waals surface area contributed by atoms with Gasteiger partial charge in [-0.3, -0.25) is 0 Å². The van der Waals surface area contributed by atoms with E-state index in [4.69, 9.17) is 4.74 Å². The molecule has 0 amide bonds. The topological polar surface area (TPSA) is 89.5 Å². The Hall–Kier alpha value is -2.36. The van der Waals surface area contributed by atoms with E-state index in [0.29, 0.717) is 30.0 Å². The van der Waals surface area contributed by atoms with Crippen LogP contribution >= 0.6 is 11.3 Å². The zero-order valence-corrected chi connectivity index (χ0v) is 16.9. The predicted molar refractivity (Wildman–Crippen MR) is 106 cm³/mol. The monoisotopic (exact) mass is 417 g/mol. The van der Waals surface area contributed by atoms with Crippen molar-refractivity contribution in [2.24, 2.45) is 0 Å². The van der Waals surface area contributed by atoms with Crippen molar-refractivity contribution in [2.45, 2.75) is 31.3 Å². The molecule has 0 radical (unpaired) electrons. The van der Waals surface area contributed by atoms with Gasteiger partial charge < -0.3 is 4.74 Å². The quantitative estimate of drug-likeness (QED) is 0.593. The highest BCUT2D eigenvalue weighted by Gasteiger charge is 2.32. The number of sulfonamides is 1. The number of carbonyl (C=O) groups is 1. The summed E-state index contributed by atoms with van der Waals surface area (Å²) in [6, 6.07) is 8.92. The summed E-state index contributed by atoms with van der Waals surface area (Å²) in [5, 5.41) is 1.60. The van der Waals surface area contributed by atoms with Crippen LogP contribution < -0.4 is 0 Å². The summed E-state index contributed by atoms with van der Waals surface area (Å²) in [6.45, 7) is 2.71. The first-order chi connectivity index (χ1) is 13.5. The van der Waals surface area contributed by atoms with E-state index in [0.717, 1.165) is 29.7 Å². The van der Waals surface area contributed by atoms with Gasteiger partial charge in [0, 0.05) is 13.1 Å². The number of carbonyl (C=O) groups excluding carboxylic acids is 1. The molecule has 0 unspecified atom stereocenters. The van der Waals surface area contributed by atoms with Crippen LogP contribution in [0.1, 0.15) is 33.9 Å². The molecule has 3 aromatic rings. The number of fused-ring (bicyclic) bond motifs is 1. The number of hydrogen-bond donors (Lipinski definition) is 0. The van der Waals surface area contributed by atoms with Gasteiger partial charge in [0.05, 0.1) is 22.4 Å². The molecule has 1 saturated heterocycles. The van der Waals surface area contributed by atoms with Crippen LogP contribution in [-0.4, -0.2) is 41.7 Å². The third kappa shape index (κ3) is 3.52. The van der Waals surface area contributed by atoms with Crippen LogP contribution in [0.5, 0.6) is 0 Å². The summed E-state index contributed by atoms with van der Waals surface area (Å²) in [5.41, 5.74) is 2.70. The second-order valence-corrected chi connectivity index (χ2v) is 9.37. The Morgan fingerprint density at radius 2 is 1.82 bits per heavy atom. The highest BCUT2D eigenvalue weighted by atomic mass is 32.2. The molecule has 0 aliphatic carbocycles. The first kappa shape index (κ1) is 19.0. The average Bonchev–Trinajstić information content (AvgIpc) is 3.38. The van der Waals surface area contributed by atoms with Crippen molar-refractivity contribution in [3.8, 4) is 0 Å². The van der Waals surface area contributed by atoms with E-state index in [-0.39, 0.29) is 16.4 Å². The SMILES string of the molecule is Cc1nc2ccccc2nc1COC(=O)c1sccc1S(=O)(=O)N1CCCC1. The molecule has 1 aliphatic rings. The predicted octanol–water partition coefficient (Wildman–Crippen LogP) is 3.14. The van der Waals surface area contributed by atoms with Crippen molar-refractivity contribution in [3.05, 3.63) is 52.0 Å². The van der Waals surface area contributed by atoms with Gasteiger partial charge in [-0.1, -0.05) is 12.1 Å². The molecule has 0 saturated carbocycles. The van der Waals surface area contributed by atoms with E-state index in [9.17, 15) is 13.2 Å². The second kappa shape index (κ2) is 7.57. The fraction of sp³-hybridized carbons (Fsp3) is 0.316. The molecule has 0 spiro atoms. The number of aryl methyl sites for hydroxylation is 1. The van der Waals surface area contributed by atoms with E-state index < -0.39 is 16.0 Å². The highest BCUT2D eigenvalue weighted by Crippen LogP contribution is 2.28. The van der Waals surface area contributed by atoms with Crippen molar-refractivity contribution < 1.29 is 17.9 Å². The van der Waals surface area contributed by atoms with E-state index >= 15 is 0 Å². The Bertz CT molecular complexity index is 1140. The normalized spacial score (nSPS) is 15.2. The minimum absolute atomic E-state index is 0.0192. The smallest absolute Gasteiger partial charge is 0.350 e. The molecule has 28 heavy (non-hydrogen) atoms. The molecule has 1 aliphatic heterocycles. The Labute approximate surface area is 167 Å². The van der Waals surface area contributed by atoms with E-state index in [1.54, 1.807) is 12.3 Å². The van der Waals surface area contributed by atoms with Gasteiger partial charge in [-0.15, -0.1) is 11.3 Å². The fourth-order valence-corrected chi connectivity index (χ4v) is 5.98. The molecule has 0 atom stereocenters. The van der Waals surface area contributed by atoms with Gasteiger partial charge in [-0.2, -0.15) is 4.31 Å². The van der Waals surface area contributed by atoms with Gasteiger partial charge in [0.1, 0.15) is 16.4 Å². The summed E-state index contributed by atoms with van der Waals surface area (Å²) in [6.07, 6.45) is 1.67. The summed E-state index contributed by atoms with van der Waals surface area (Å²) in [4.78, 5) is 21.7. The minimum Gasteiger partial charge on any atom is -0.455 e. The molecule has 2 aromatic heterocycles. The van der Waals surface area contributed by atoms with Crippen molar-refractivity contribution in [2.75, 3.05) is 13.1 Å². The molecule has 4 rings (SSSR count). The van der Waals surface area contributed by atoms with Crippen molar-refractivity contribution in [3.63, 3.8) is 0 Å². The zero-order valence-electron chi connectivity index (χ0n) is 15.3. The maximum absolute atomic E-state index is 12.8. The van der Waals surface area contributed by atoms with Crippen molar-refractivity contribution >= 4 is 38.4 Å². The Balaban J connectivity index is 1.54. The first-order valence-electron chi connectivity index (χ1n) is 8.94. The Morgan fingerprint density at radius 1 is 1.14 bits per heavy atom. The number of rotatable bonds is 5. The van der Waals surface area contributed by atoms with Crippen LogP contribution in [0, 0.1) is 6.92 Å². The summed E-state index contributed by atoms with van der Waals surface area (Å²) < 4.78 is 32.4. The highest BCUT2D eigenvalue weighted by molar-refractivity contribution is 7.89. The maximum atomic E-state index is 12.8. The van der Waals surface area contributed by atoms with Crippen LogP contribution in [0.2, 0.25) is 0 Å². The molecule has 0 N–H and O–H groups in total. The molecule has 146 valence electrons. The van der Waals surface area contributed by atoms with Crippen LogP contribution in [0.15, 0.2) is 40.6 Å². The summed E-state index contributed by atoms with van der Waals surface area (Å²) >= 11 is 1.07. The number of aromatic nitrogens is 2. The molecule has 3 heterocycles.